The van der Waals surface area contributed by atoms with Gasteiger partial charge in [0, 0.05) is 23.6 Å². The molecule has 1 aliphatic rings. The summed E-state index contributed by atoms with van der Waals surface area (Å²) in [6, 6.07) is 11.8. The van der Waals surface area contributed by atoms with E-state index in [0.29, 0.717) is 18.7 Å². The molecule has 2 heterocycles. The van der Waals surface area contributed by atoms with Gasteiger partial charge in [0.25, 0.3) is 0 Å². The second-order valence-electron chi connectivity index (χ2n) is 7.14. The van der Waals surface area contributed by atoms with Crippen molar-refractivity contribution in [1.82, 2.24) is 9.88 Å². The molecule has 0 saturated heterocycles. The van der Waals surface area contributed by atoms with Crippen LogP contribution in [-0.2, 0) is 16.0 Å². The Bertz CT molecular complexity index is 1170. The number of hydrogen-bond donors (Lipinski definition) is 2. The molecule has 0 unspecified atom stereocenters. The lowest BCUT2D eigenvalue weighted by atomic mass is 10.0. The zero-order chi connectivity index (χ0) is 21.3. The van der Waals surface area contributed by atoms with Gasteiger partial charge in [-0.05, 0) is 49.6 Å². The van der Waals surface area contributed by atoms with Gasteiger partial charge in [0.15, 0.2) is 0 Å². The summed E-state index contributed by atoms with van der Waals surface area (Å²) in [6.45, 7) is 4.09. The number of fused-ring (bicyclic) bond motifs is 3. The molecule has 0 bridgehead atoms. The number of carbonyl (C=O) groups excluding carboxylic acids is 2. The van der Waals surface area contributed by atoms with E-state index in [1.54, 1.807) is 19.1 Å². The van der Waals surface area contributed by atoms with Crippen LogP contribution in [0.4, 0.5) is 14.9 Å². The maximum absolute atomic E-state index is 14.1. The fourth-order valence-corrected chi connectivity index (χ4v) is 3.65. The van der Waals surface area contributed by atoms with Crippen molar-refractivity contribution in [1.29, 1.82) is 0 Å². The molecule has 0 radical (unpaired) electrons. The van der Waals surface area contributed by atoms with Crippen LogP contribution in [0.25, 0.3) is 16.5 Å². The first kappa shape index (κ1) is 19.7. The number of esters is 1. The number of H-pyrrole nitrogens is 1. The van der Waals surface area contributed by atoms with Crippen LogP contribution >= 0.6 is 0 Å². The number of aryl methyl sites for hydroxylation is 1. The Morgan fingerprint density at radius 2 is 2.03 bits per heavy atom. The summed E-state index contributed by atoms with van der Waals surface area (Å²) in [5.41, 5.74) is 3.69. The smallest absolute Gasteiger partial charge is 0.341 e. The zero-order valence-corrected chi connectivity index (χ0v) is 16.8. The molecule has 3 aromatic rings. The Hall–Kier alpha value is -3.61. The van der Waals surface area contributed by atoms with E-state index in [4.69, 9.17) is 4.74 Å². The van der Waals surface area contributed by atoms with Crippen LogP contribution in [0.3, 0.4) is 0 Å². The molecule has 0 fully saturated rings. The number of ether oxygens (including phenoxy) is 1. The Morgan fingerprint density at radius 1 is 1.23 bits per heavy atom. The number of anilines is 1. The summed E-state index contributed by atoms with van der Waals surface area (Å²) in [5.74, 6) is -1.04. The molecule has 0 saturated carbocycles. The van der Waals surface area contributed by atoms with Gasteiger partial charge < -0.3 is 15.0 Å². The second kappa shape index (κ2) is 8.02. The molecule has 4 rings (SSSR count). The van der Waals surface area contributed by atoms with Gasteiger partial charge in [-0.3, -0.25) is 4.90 Å². The molecule has 30 heavy (non-hydrogen) atoms. The number of benzene rings is 2. The lowest BCUT2D eigenvalue weighted by Gasteiger charge is -2.19. The highest BCUT2D eigenvalue weighted by Crippen LogP contribution is 2.31. The molecule has 2 amide bonds. The van der Waals surface area contributed by atoms with Crippen LogP contribution in [0.5, 0.6) is 0 Å². The minimum absolute atomic E-state index is 0.0966. The molecule has 1 aromatic heterocycles. The van der Waals surface area contributed by atoms with Gasteiger partial charge in [-0.25, -0.2) is 14.0 Å². The number of amides is 2. The third kappa shape index (κ3) is 3.66. The van der Waals surface area contributed by atoms with Crippen molar-refractivity contribution in [2.75, 3.05) is 18.5 Å². The van der Waals surface area contributed by atoms with Crippen molar-refractivity contribution < 1.29 is 18.7 Å². The number of rotatable bonds is 3. The lowest BCUT2D eigenvalue weighted by molar-refractivity contribution is -0.136. The summed E-state index contributed by atoms with van der Waals surface area (Å²) in [4.78, 5) is 30.2. The van der Waals surface area contributed by atoms with E-state index < -0.39 is 17.8 Å². The summed E-state index contributed by atoms with van der Waals surface area (Å²) in [6.07, 6.45) is 2.00. The van der Waals surface area contributed by atoms with E-state index in [1.807, 2.05) is 31.2 Å². The van der Waals surface area contributed by atoms with Crippen molar-refractivity contribution in [3.05, 3.63) is 71.3 Å². The molecular weight excluding hydrogens is 385 g/mol. The number of urea groups is 1. The van der Waals surface area contributed by atoms with Crippen LogP contribution in [0.2, 0.25) is 0 Å². The van der Waals surface area contributed by atoms with Crippen LogP contribution in [0.15, 0.2) is 48.7 Å². The molecular formula is C23H22FN3O3. The third-order valence-electron chi connectivity index (χ3n) is 5.09. The SMILES string of the molecule is CCOC(=O)C1=CN(C(=O)Nc2cc(C)ccc2F)CCc2c1[nH]c1ccccc21. The highest BCUT2D eigenvalue weighted by atomic mass is 19.1. The number of carbonyl (C=O) groups is 2. The fourth-order valence-electron chi connectivity index (χ4n) is 3.65. The topological polar surface area (TPSA) is 74.4 Å². The molecule has 0 atom stereocenters. The molecule has 2 aromatic carbocycles. The summed E-state index contributed by atoms with van der Waals surface area (Å²) >= 11 is 0. The van der Waals surface area contributed by atoms with Gasteiger partial charge in [0.1, 0.15) is 5.82 Å². The maximum atomic E-state index is 14.1. The predicted molar refractivity (Wildman–Crippen MR) is 113 cm³/mol. The van der Waals surface area contributed by atoms with Gasteiger partial charge in [0.2, 0.25) is 0 Å². The molecule has 0 spiro atoms. The van der Waals surface area contributed by atoms with Crippen LogP contribution in [-0.4, -0.2) is 35.0 Å². The van der Waals surface area contributed by atoms with Crippen molar-refractivity contribution in [2.24, 2.45) is 0 Å². The highest BCUT2D eigenvalue weighted by molar-refractivity contribution is 6.18. The zero-order valence-electron chi connectivity index (χ0n) is 16.8. The average molecular weight is 407 g/mol. The van der Waals surface area contributed by atoms with Crippen LogP contribution < -0.4 is 5.32 Å². The summed E-state index contributed by atoms with van der Waals surface area (Å²) < 4.78 is 19.3. The quantitative estimate of drug-likeness (QED) is 0.623. The first-order valence-electron chi connectivity index (χ1n) is 9.80. The predicted octanol–water partition coefficient (Wildman–Crippen LogP) is 4.61. The number of aromatic amines is 1. The van der Waals surface area contributed by atoms with Crippen molar-refractivity contribution >= 4 is 34.2 Å². The van der Waals surface area contributed by atoms with Gasteiger partial charge in [0.05, 0.1) is 23.6 Å². The van der Waals surface area contributed by atoms with Crippen LogP contribution in [0, 0.1) is 12.7 Å². The van der Waals surface area contributed by atoms with Crippen LogP contribution in [0.1, 0.15) is 23.7 Å². The lowest BCUT2D eigenvalue weighted by Crippen LogP contribution is -2.32. The van der Waals surface area contributed by atoms with E-state index in [-0.39, 0.29) is 17.9 Å². The van der Waals surface area contributed by atoms with E-state index >= 15 is 0 Å². The number of halogens is 1. The van der Waals surface area contributed by atoms with Crippen molar-refractivity contribution in [2.45, 2.75) is 20.3 Å². The third-order valence-corrected chi connectivity index (χ3v) is 5.09. The van der Waals surface area contributed by atoms with Gasteiger partial charge >= 0.3 is 12.0 Å². The first-order valence-corrected chi connectivity index (χ1v) is 9.80. The molecule has 154 valence electrons. The molecule has 0 aliphatic carbocycles. The van der Waals surface area contributed by atoms with Crippen molar-refractivity contribution in [3.8, 4) is 0 Å². The fraction of sp³-hybridized carbons (Fsp3) is 0.217. The normalized spacial score (nSPS) is 13.4. The Morgan fingerprint density at radius 3 is 2.83 bits per heavy atom. The van der Waals surface area contributed by atoms with Gasteiger partial charge in [-0.2, -0.15) is 0 Å². The highest BCUT2D eigenvalue weighted by Gasteiger charge is 2.27. The Kier molecular flexibility index (Phi) is 5.27. The largest absolute Gasteiger partial charge is 0.462 e. The Balaban J connectivity index is 1.71. The number of nitrogens with one attached hydrogen (secondary N) is 2. The minimum Gasteiger partial charge on any atom is -0.462 e. The number of aromatic nitrogens is 1. The molecule has 7 heteroatoms. The maximum Gasteiger partial charge on any atom is 0.341 e. The Labute approximate surface area is 173 Å². The first-order chi connectivity index (χ1) is 14.5. The monoisotopic (exact) mass is 407 g/mol. The summed E-state index contributed by atoms with van der Waals surface area (Å²) in [5, 5.41) is 3.60. The van der Waals surface area contributed by atoms with Gasteiger partial charge in [-0.1, -0.05) is 24.3 Å². The van der Waals surface area contributed by atoms with E-state index in [9.17, 15) is 14.0 Å². The van der Waals surface area contributed by atoms with E-state index in [1.165, 1.54) is 17.2 Å². The summed E-state index contributed by atoms with van der Waals surface area (Å²) in [7, 11) is 0. The molecule has 1 aliphatic heterocycles. The van der Waals surface area contributed by atoms with E-state index in [2.05, 4.69) is 10.3 Å². The standard InChI is InChI=1S/C23H22FN3O3/c1-3-30-22(28)17-13-27(23(29)26-20-12-14(2)8-9-18(20)24)11-10-16-15-6-4-5-7-19(15)25-21(16)17/h4-9,12-13,25H,3,10-11H2,1-2H3,(H,26,29). The van der Waals surface area contributed by atoms with E-state index in [0.717, 1.165) is 22.0 Å². The number of nitrogens with zero attached hydrogens (tertiary/aromatic N) is 1. The minimum atomic E-state index is -0.522. The van der Waals surface area contributed by atoms with Gasteiger partial charge in [-0.15, -0.1) is 0 Å². The molecule has 6 nitrogen and oxygen atoms in total. The van der Waals surface area contributed by atoms with Crippen molar-refractivity contribution in [3.63, 3.8) is 0 Å². The number of para-hydroxylation sites is 1. The molecule has 2 N–H and O–H groups in total. The number of hydrogen-bond acceptors (Lipinski definition) is 3. The second-order valence-corrected chi connectivity index (χ2v) is 7.14. The average Bonchev–Trinajstić information content (AvgIpc) is 2.98.